The Bertz CT molecular complexity index is 427. The number of esters is 1. The van der Waals surface area contributed by atoms with Gasteiger partial charge in [-0.2, -0.15) is 0 Å². The SMILES string of the molecule is COC(=O)C(C)(C)NC(C)CCc1cccc(C)c1. The molecule has 0 saturated heterocycles. The van der Waals surface area contributed by atoms with Crippen LogP contribution in [0, 0.1) is 6.92 Å². The first-order valence-corrected chi connectivity index (χ1v) is 6.77. The van der Waals surface area contributed by atoms with Gasteiger partial charge in [-0.25, -0.2) is 0 Å². The van der Waals surface area contributed by atoms with Crippen LogP contribution in [0.15, 0.2) is 24.3 Å². The summed E-state index contributed by atoms with van der Waals surface area (Å²) < 4.78 is 4.79. The molecule has 1 atom stereocenters. The normalized spacial score (nSPS) is 13.1. The first-order valence-electron chi connectivity index (χ1n) is 6.77. The average Bonchev–Trinajstić information content (AvgIpc) is 2.35. The second-order valence-corrected chi connectivity index (χ2v) is 5.69. The highest BCUT2D eigenvalue weighted by Gasteiger charge is 2.29. The number of aryl methyl sites for hydroxylation is 2. The minimum absolute atomic E-state index is 0.227. The highest BCUT2D eigenvalue weighted by atomic mass is 16.5. The van der Waals surface area contributed by atoms with Crippen LogP contribution in [-0.2, 0) is 16.0 Å². The van der Waals surface area contributed by atoms with Gasteiger partial charge in [-0.1, -0.05) is 29.8 Å². The van der Waals surface area contributed by atoms with E-state index in [0.717, 1.165) is 12.8 Å². The molecule has 0 aliphatic rings. The molecule has 0 saturated carbocycles. The summed E-state index contributed by atoms with van der Waals surface area (Å²) in [5.74, 6) is -0.227. The number of hydrogen-bond donors (Lipinski definition) is 1. The lowest BCUT2D eigenvalue weighted by Gasteiger charge is -2.27. The molecule has 3 heteroatoms. The Kier molecular flexibility index (Phi) is 5.55. The fraction of sp³-hybridized carbons (Fsp3) is 0.562. The maximum absolute atomic E-state index is 11.6. The fourth-order valence-electron chi connectivity index (χ4n) is 2.25. The zero-order valence-electron chi connectivity index (χ0n) is 12.6. The van der Waals surface area contributed by atoms with Crippen molar-refractivity contribution in [1.29, 1.82) is 0 Å². The number of carbonyl (C=O) groups excluding carboxylic acids is 1. The number of methoxy groups -OCH3 is 1. The Hall–Kier alpha value is -1.35. The quantitative estimate of drug-likeness (QED) is 0.802. The van der Waals surface area contributed by atoms with Crippen LogP contribution in [0.5, 0.6) is 0 Å². The molecular formula is C16H25NO2. The smallest absolute Gasteiger partial charge is 0.325 e. The van der Waals surface area contributed by atoms with Crippen molar-refractivity contribution < 1.29 is 9.53 Å². The van der Waals surface area contributed by atoms with Gasteiger partial charge >= 0.3 is 5.97 Å². The molecule has 0 aliphatic heterocycles. The molecule has 19 heavy (non-hydrogen) atoms. The Morgan fingerprint density at radius 3 is 2.68 bits per heavy atom. The zero-order valence-corrected chi connectivity index (χ0v) is 12.6. The molecule has 0 spiro atoms. The third-order valence-electron chi connectivity index (χ3n) is 3.25. The molecule has 1 aromatic carbocycles. The first-order chi connectivity index (χ1) is 8.85. The predicted octanol–water partition coefficient (Wildman–Crippen LogP) is 2.86. The lowest BCUT2D eigenvalue weighted by molar-refractivity contribution is -0.147. The molecule has 0 amide bonds. The first kappa shape index (κ1) is 15.7. The van der Waals surface area contributed by atoms with Gasteiger partial charge in [-0.05, 0) is 46.1 Å². The minimum atomic E-state index is -0.638. The summed E-state index contributed by atoms with van der Waals surface area (Å²) in [6, 6.07) is 8.80. The molecule has 0 aromatic heterocycles. The third kappa shape index (κ3) is 5.03. The summed E-state index contributed by atoms with van der Waals surface area (Å²) in [5, 5.41) is 3.32. The Morgan fingerprint density at radius 1 is 1.42 bits per heavy atom. The van der Waals surface area contributed by atoms with E-state index in [9.17, 15) is 4.79 Å². The lowest BCUT2D eigenvalue weighted by Crippen LogP contribution is -2.51. The van der Waals surface area contributed by atoms with Gasteiger partial charge in [-0.15, -0.1) is 0 Å². The summed E-state index contributed by atoms with van der Waals surface area (Å²) in [6.45, 7) is 7.90. The van der Waals surface area contributed by atoms with E-state index in [1.54, 1.807) is 0 Å². The number of nitrogens with one attached hydrogen (secondary N) is 1. The molecule has 3 nitrogen and oxygen atoms in total. The average molecular weight is 263 g/mol. The Labute approximate surface area is 116 Å². The van der Waals surface area contributed by atoms with Gasteiger partial charge in [-0.3, -0.25) is 10.1 Å². The summed E-state index contributed by atoms with van der Waals surface area (Å²) in [4.78, 5) is 11.6. The van der Waals surface area contributed by atoms with Crippen molar-refractivity contribution >= 4 is 5.97 Å². The standard InChI is InChI=1S/C16H25NO2/c1-12-7-6-8-14(11-12)10-9-13(2)17-16(3,4)15(18)19-5/h6-8,11,13,17H,9-10H2,1-5H3. The minimum Gasteiger partial charge on any atom is -0.468 e. The maximum Gasteiger partial charge on any atom is 0.325 e. The molecule has 0 aliphatic carbocycles. The Balaban J connectivity index is 2.48. The molecular weight excluding hydrogens is 238 g/mol. The molecule has 0 radical (unpaired) electrons. The molecule has 106 valence electrons. The van der Waals surface area contributed by atoms with E-state index in [0.29, 0.717) is 0 Å². The van der Waals surface area contributed by atoms with Crippen molar-refractivity contribution in [2.24, 2.45) is 0 Å². The molecule has 1 N–H and O–H groups in total. The van der Waals surface area contributed by atoms with Crippen LogP contribution in [0.25, 0.3) is 0 Å². The highest BCUT2D eigenvalue weighted by molar-refractivity contribution is 5.79. The van der Waals surface area contributed by atoms with E-state index < -0.39 is 5.54 Å². The van der Waals surface area contributed by atoms with Crippen LogP contribution in [-0.4, -0.2) is 24.7 Å². The topological polar surface area (TPSA) is 38.3 Å². The summed E-state index contributed by atoms with van der Waals surface area (Å²) in [6.07, 6.45) is 2.00. The van der Waals surface area contributed by atoms with Gasteiger partial charge in [0.05, 0.1) is 7.11 Å². The number of rotatable bonds is 6. The zero-order chi connectivity index (χ0) is 14.5. The number of benzene rings is 1. The fourth-order valence-corrected chi connectivity index (χ4v) is 2.25. The number of carbonyl (C=O) groups is 1. The molecule has 1 rings (SSSR count). The lowest BCUT2D eigenvalue weighted by atomic mass is 10.0. The van der Waals surface area contributed by atoms with Crippen molar-refractivity contribution in [3.8, 4) is 0 Å². The second-order valence-electron chi connectivity index (χ2n) is 5.69. The van der Waals surface area contributed by atoms with Crippen molar-refractivity contribution in [1.82, 2.24) is 5.32 Å². The molecule has 0 heterocycles. The maximum atomic E-state index is 11.6. The molecule has 0 bridgehead atoms. The number of hydrogen-bond acceptors (Lipinski definition) is 3. The Morgan fingerprint density at radius 2 is 2.11 bits per heavy atom. The van der Waals surface area contributed by atoms with E-state index in [-0.39, 0.29) is 12.0 Å². The van der Waals surface area contributed by atoms with Crippen LogP contribution in [0.4, 0.5) is 0 Å². The van der Waals surface area contributed by atoms with E-state index >= 15 is 0 Å². The third-order valence-corrected chi connectivity index (χ3v) is 3.25. The van der Waals surface area contributed by atoms with Gasteiger partial charge in [0.15, 0.2) is 0 Å². The van der Waals surface area contributed by atoms with E-state index in [2.05, 4.69) is 43.4 Å². The highest BCUT2D eigenvalue weighted by Crippen LogP contribution is 2.11. The van der Waals surface area contributed by atoms with Crippen LogP contribution in [0.2, 0.25) is 0 Å². The summed E-state index contributed by atoms with van der Waals surface area (Å²) >= 11 is 0. The van der Waals surface area contributed by atoms with Crippen LogP contribution in [0.1, 0.15) is 38.3 Å². The molecule has 0 fully saturated rings. The number of ether oxygens (including phenoxy) is 1. The van der Waals surface area contributed by atoms with Crippen molar-refractivity contribution in [3.63, 3.8) is 0 Å². The predicted molar refractivity (Wildman–Crippen MR) is 78.2 cm³/mol. The monoisotopic (exact) mass is 263 g/mol. The largest absolute Gasteiger partial charge is 0.468 e. The van der Waals surface area contributed by atoms with Crippen molar-refractivity contribution in [2.45, 2.75) is 52.1 Å². The van der Waals surface area contributed by atoms with E-state index in [1.807, 2.05) is 13.8 Å². The summed E-state index contributed by atoms with van der Waals surface area (Å²) in [5.41, 5.74) is 1.98. The van der Waals surface area contributed by atoms with E-state index in [1.165, 1.54) is 18.2 Å². The van der Waals surface area contributed by atoms with E-state index in [4.69, 9.17) is 4.74 Å². The van der Waals surface area contributed by atoms with Crippen LogP contribution >= 0.6 is 0 Å². The molecule has 1 aromatic rings. The molecule has 1 unspecified atom stereocenters. The van der Waals surface area contributed by atoms with Gasteiger partial charge < -0.3 is 4.74 Å². The van der Waals surface area contributed by atoms with Gasteiger partial charge in [0, 0.05) is 6.04 Å². The summed E-state index contributed by atoms with van der Waals surface area (Å²) in [7, 11) is 1.42. The van der Waals surface area contributed by atoms with Gasteiger partial charge in [0.2, 0.25) is 0 Å². The van der Waals surface area contributed by atoms with Crippen molar-refractivity contribution in [3.05, 3.63) is 35.4 Å². The van der Waals surface area contributed by atoms with Crippen molar-refractivity contribution in [2.75, 3.05) is 7.11 Å². The van der Waals surface area contributed by atoms with Crippen LogP contribution < -0.4 is 5.32 Å². The van der Waals surface area contributed by atoms with Gasteiger partial charge in [0.1, 0.15) is 5.54 Å². The van der Waals surface area contributed by atoms with Gasteiger partial charge in [0.25, 0.3) is 0 Å². The van der Waals surface area contributed by atoms with Crippen LogP contribution in [0.3, 0.4) is 0 Å². The second kappa shape index (κ2) is 6.71.